The fourth-order valence-corrected chi connectivity index (χ4v) is 2.64. The molecule has 1 spiro atoms. The number of carbonyl (C=O) groups excluding carboxylic acids is 4. The van der Waals surface area contributed by atoms with E-state index >= 15 is 0 Å². The molecule has 0 radical (unpaired) electrons. The highest BCUT2D eigenvalue weighted by Crippen LogP contribution is 2.35. The van der Waals surface area contributed by atoms with E-state index in [4.69, 9.17) is 0 Å². The van der Waals surface area contributed by atoms with E-state index in [0.717, 1.165) is 12.8 Å². The lowest BCUT2D eigenvalue weighted by molar-refractivity contribution is -0.149. The first-order valence-corrected chi connectivity index (χ1v) is 6.93. The van der Waals surface area contributed by atoms with Crippen molar-refractivity contribution in [1.82, 2.24) is 15.8 Å². The number of hydrazine groups is 1. The Balaban J connectivity index is 1.98. The lowest BCUT2D eigenvalue weighted by Crippen LogP contribution is -2.52. The normalized spacial score (nSPS) is 28.5. The molecule has 1 aliphatic carbocycles. The fourth-order valence-electron chi connectivity index (χ4n) is 2.64. The van der Waals surface area contributed by atoms with Crippen LogP contribution in [0.1, 0.15) is 39.5 Å². The van der Waals surface area contributed by atoms with Crippen molar-refractivity contribution >= 4 is 23.8 Å². The molecule has 0 atom stereocenters. The summed E-state index contributed by atoms with van der Waals surface area (Å²) >= 11 is 0. The summed E-state index contributed by atoms with van der Waals surface area (Å²) in [6.45, 7) is 2.74. The Morgan fingerprint density at radius 3 is 2.57 bits per heavy atom. The van der Waals surface area contributed by atoms with Crippen molar-refractivity contribution in [2.24, 2.45) is 5.92 Å². The zero-order chi connectivity index (χ0) is 15.6. The molecule has 8 heteroatoms. The van der Waals surface area contributed by atoms with Gasteiger partial charge in [-0.2, -0.15) is 5.01 Å². The molecule has 8 nitrogen and oxygen atoms in total. The Hall–Kier alpha value is -2.12. The van der Waals surface area contributed by atoms with Crippen LogP contribution in [-0.4, -0.2) is 41.0 Å². The highest BCUT2D eigenvalue weighted by atomic mass is 16.5. The highest BCUT2D eigenvalue weighted by molar-refractivity contribution is 6.08. The van der Waals surface area contributed by atoms with Crippen LogP contribution < -0.4 is 10.7 Å². The number of ether oxygens (including phenoxy) is 1. The maximum atomic E-state index is 12.4. The van der Waals surface area contributed by atoms with Crippen LogP contribution in [0.2, 0.25) is 0 Å². The van der Waals surface area contributed by atoms with Crippen molar-refractivity contribution in [1.29, 1.82) is 0 Å². The molecule has 0 bridgehead atoms. The maximum absolute atomic E-state index is 12.4. The van der Waals surface area contributed by atoms with Gasteiger partial charge in [0, 0.05) is 6.92 Å². The number of carbonyl (C=O) groups is 4. The SMILES string of the molecule is CC(=O)OCC(=O)NN1C(=O)NC2(CCC(C)CC2)C1=O. The van der Waals surface area contributed by atoms with Gasteiger partial charge in [0.05, 0.1) is 0 Å². The van der Waals surface area contributed by atoms with E-state index in [-0.39, 0.29) is 0 Å². The molecule has 0 aromatic carbocycles. The average molecular weight is 297 g/mol. The summed E-state index contributed by atoms with van der Waals surface area (Å²) in [6.07, 6.45) is 2.83. The number of nitrogens with zero attached hydrogens (tertiary/aromatic N) is 1. The van der Waals surface area contributed by atoms with E-state index in [9.17, 15) is 19.2 Å². The number of nitrogens with one attached hydrogen (secondary N) is 2. The van der Waals surface area contributed by atoms with Gasteiger partial charge in [0.25, 0.3) is 11.8 Å². The minimum absolute atomic E-state index is 0.449. The van der Waals surface area contributed by atoms with Crippen LogP contribution in [0, 0.1) is 5.92 Å². The van der Waals surface area contributed by atoms with Gasteiger partial charge in [-0.25, -0.2) is 4.79 Å². The smallest absolute Gasteiger partial charge is 0.344 e. The molecule has 0 unspecified atom stereocenters. The second kappa shape index (κ2) is 5.71. The van der Waals surface area contributed by atoms with Gasteiger partial charge in [0.1, 0.15) is 5.54 Å². The molecule has 1 saturated heterocycles. The maximum Gasteiger partial charge on any atom is 0.344 e. The molecule has 116 valence electrons. The molecule has 1 saturated carbocycles. The number of urea groups is 1. The molecular formula is C13H19N3O5. The topological polar surface area (TPSA) is 105 Å². The Bertz CT molecular complexity index is 482. The van der Waals surface area contributed by atoms with Crippen LogP contribution in [0.5, 0.6) is 0 Å². The van der Waals surface area contributed by atoms with Gasteiger partial charge in [0.2, 0.25) is 0 Å². The zero-order valence-corrected chi connectivity index (χ0v) is 12.1. The van der Waals surface area contributed by atoms with E-state index in [1.54, 1.807) is 0 Å². The van der Waals surface area contributed by atoms with Gasteiger partial charge in [-0.05, 0) is 31.6 Å². The molecule has 2 N–H and O–H groups in total. The van der Waals surface area contributed by atoms with Crippen molar-refractivity contribution in [2.45, 2.75) is 45.1 Å². The van der Waals surface area contributed by atoms with Gasteiger partial charge in [0.15, 0.2) is 6.61 Å². The first-order chi connectivity index (χ1) is 9.84. The van der Waals surface area contributed by atoms with Crippen LogP contribution in [0.25, 0.3) is 0 Å². The summed E-state index contributed by atoms with van der Waals surface area (Å²) in [4.78, 5) is 46.5. The zero-order valence-electron chi connectivity index (χ0n) is 12.1. The number of esters is 1. The van der Waals surface area contributed by atoms with Gasteiger partial charge in [-0.3, -0.25) is 19.8 Å². The minimum atomic E-state index is -0.904. The summed E-state index contributed by atoms with van der Waals surface area (Å²) in [5.41, 5.74) is 1.27. The number of hydrogen-bond donors (Lipinski definition) is 2. The standard InChI is InChI=1S/C13H19N3O5/c1-8-3-5-13(6-4-8)11(19)16(12(20)14-13)15-10(18)7-21-9(2)17/h8H,3-7H2,1-2H3,(H,14,20)(H,15,18). The third kappa shape index (κ3) is 3.14. The monoisotopic (exact) mass is 297 g/mol. The molecule has 1 aliphatic heterocycles. The number of amides is 4. The highest BCUT2D eigenvalue weighted by Gasteiger charge is 2.52. The first kappa shape index (κ1) is 15.3. The summed E-state index contributed by atoms with van der Waals surface area (Å²) in [7, 11) is 0. The number of rotatable bonds is 3. The van der Waals surface area contributed by atoms with E-state index in [2.05, 4.69) is 22.4 Å². The van der Waals surface area contributed by atoms with Crippen molar-refractivity contribution in [3.63, 3.8) is 0 Å². The van der Waals surface area contributed by atoms with Crippen LogP contribution in [0.15, 0.2) is 0 Å². The second-order valence-electron chi connectivity index (χ2n) is 5.65. The van der Waals surface area contributed by atoms with Gasteiger partial charge in [-0.15, -0.1) is 0 Å². The molecule has 21 heavy (non-hydrogen) atoms. The van der Waals surface area contributed by atoms with Crippen molar-refractivity contribution < 1.29 is 23.9 Å². The van der Waals surface area contributed by atoms with Crippen LogP contribution >= 0.6 is 0 Å². The summed E-state index contributed by atoms with van der Waals surface area (Å²) in [5.74, 6) is -1.27. The molecule has 0 aromatic heterocycles. The van der Waals surface area contributed by atoms with Gasteiger partial charge in [-0.1, -0.05) is 6.92 Å². The van der Waals surface area contributed by atoms with Crippen molar-refractivity contribution in [3.05, 3.63) is 0 Å². The lowest BCUT2D eigenvalue weighted by Gasteiger charge is -2.33. The van der Waals surface area contributed by atoms with E-state index < -0.39 is 36.0 Å². The third-order valence-electron chi connectivity index (χ3n) is 3.93. The molecule has 1 heterocycles. The second-order valence-corrected chi connectivity index (χ2v) is 5.65. The third-order valence-corrected chi connectivity index (χ3v) is 3.93. The molecule has 4 amide bonds. The summed E-state index contributed by atoms with van der Waals surface area (Å²) < 4.78 is 4.51. The van der Waals surface area contributed by atoms with E-state index in [1.165, 1.54) is 6.92 Å². The number of hydrogen-bond acceptors (Lipinski definition) is 5. The Kier molecular flexibility index (Phi) is 4.15. The molecular weight excluding hydrogens is 278 g/mol. The minimum Gasteiger partial charge on any atom is -0.456 e. The fraction of sp³-hybridized carbons (Fsp3) is 0.692. The van der Waals surface area contributed by atoms with Crippen LogP contribution in [0.3, 0.4) is 0 Å². The van der Waals surface area contributed by atoms with Gasteiger partial charge >= 0.3 is 12.0 Å². The predicted molar refractivity (Wildman–Crippen MR) is 70.5 cm³/mol. The molecule has 2 rings (SSSR count). The summed E-state index contributed by atoms with van der Waals surface area (Å²) in [6, 6.07) is -0.647. The first-order valence-electron chi connectivity index (χ1n) is 6.93. The largest absolute Gasteiger partial charge is 0.456 e. The van der Waals surface area contributed by atoms with Crippen LogP contribution in [-0.2, 0) is 19.1 Å². The quantitative estimate of drug-likeness (QED) is 0.567. The molecule has 0 aromatic rings. The molecule has 2 fully saturated rings. The van der Waals surface area contributed by atoms with Crippen LogP contribution in [0.4, 0.5) is 4.79 Å². The Morgan fingerprint density at radius 2 is 2.00 bits per heavy atom. The lowest BCUT2D eigenvalue weighted by atomic mass is 9.77. The molecule has 2 aliphatic rings. The van der Waals surface area contributed by atoms with Crippen molar-refractivity contribution in [2.75, 3.05) is 6.61 Å². The predicted octanol–water partition coefficient (Wildman–Crippen LogP) is 0.0814. The van der Waals surface area contributed by atoms with E-state index in [0.29, 0.717) is 23.8 Å². The Morgan fingerprint density at radius 1 is 1.38 bits per heavy atom. The Labute approximate surface area is 122 Å². The van der Waals surface area contributed by atoms with E-state index in [1.807, 2.05) is 0 Å². The number of imide groups is 1. The summed E-state index contributed by atoms with van der Waals surface area (Å²) in [5, 5.41) is 3.36. The van der Waals surface area contributed by atoms with Crippen molar-refractivity contribution in [3.8, 4) is 0 Å². The average Bonchev–Trinajstić information content (AvgIpc) is 2.65. The van der Waals surface area contributed by atoms with Gasteiger partial charge < -0.3 is 10.1 Å².